The molecule has 28 heavy (non-hydrogen) atoms. The Kier molecular flexibility index (Phi) is 6.62. The summed E-state index contributed by atoms with van der Waals surface area (Å²) in [6.45, 7) is 2.29. The van der Waals surface area contributed by atoms with Crippen molar-refractivity contribution in [1.82, 2.24) is 10.3 Å². The topological polar surface area (TPSA) is 46.4 Å². The van der Waals surface area contributed by atoms with E-state index in [0.29, 0.717) is 19.1 Å². The number of aromatic nitrogens is 1. The van der Waals surface area contributed by atoms with Gasteiger partial charge in [-0.2, -0.15) is 0 Å². The van der Waals surface area contributed by atoms with Crippen LogP contribution in [0.2, 0.25) is 0 Å². The van der Waals surface area contributed by atoms with Crippen molar-refractivity contribution in [2.75, 3.05) is 25.4 Å². The smallest absolute Gasteiger partial charge is 0.275 e. The summed E-state index contributed by atoms with van der Waals surface area (Å²) < 4.78 is 1.24. The van der Waals surface area contributed by atoms with Crippen molar-refractivity contribution in [3.63, 3.8) is 0 Å². The highest BCUT2D eigenvalue weighted by Gasteiger charge is 2.31. The van der Waals surface area contributed by atoms with Crippen molar-refractivity contribution < 1.29 is 9.69 Å². The maximum absolute atomic E-state index is 12.5. The molecule has 0 radical (unpaired) electrons. The second-order valence-corrected chi connectivity index (χ2v) is 9.40. The fraction of sp³-hybridized carbons (Fsp3) is 0.364. The van der Waals surface area contributed by atoms with Crippen molar-refractivity contribution in [2.45, 2.75) is 30.2 Å². The van der Waals surface area contributed by atoms with E-state index in [-0.39, 0.29) is 5.91 Å². The number of piperidine rings is 1. The number of fused-ring (bicyclic) bond motifs is 1. The molecule has 1 unspecified atom stereocenters. The monoisotopic (exact) mass is 412 g/mol. The van der Waals surface area contributed by atoms with Gasteiger partial charge in [-0.05, 0) is 37.1 Å². The Morgan fingerprint density at radius 3 is 2.82 bits per heavy atom. The van der Waals surface area contributed by atoms with Gasteiger partial charge in [0.05, 0.1) is 16.8 Å². The van der Waals surface area contributed by atoms with Crippen LogP contribution in [0.5, 0.6) is 0 Å². The Labute approximate surface area is 174 Å². The van der Waals surface area contributed by atoms with Crippen LogP contribution in [-0.2, 0) is 4.79 Å². The maximum atomic E-state index is 12.5. The Morgan fingerprint density at radius 2 is 1.96 bits per heavy atom. The molecule has 2 N–H and O–H groups in total. The number of likely N-dealkylation sites (tertiary alicyclic amines) is 1. The minimum Gasteiger partial charge on any atom is -0.350 e. The second kappa shape index (κ2) is 9.54. The number of nitrogens with one attached hydrogen (secondary N) is 2. The number of hydrogen-bond acceptors (Lipinski definition) is 4. The number of thiazole rings is 1. The van der Waals surface area contributed by atoms with E-state index in [1.165, 1.54) is 32.3 Å². The molecule has 0 saturated carbocycles. The lowest BCUT2D eigenvalue weighted by molar-refractivity contribution is -0.929. The fourth-order valence-corrected chi connectivity index (χ4v) is 5.72. The normalized spacial score (nSPS) is 19.6. The van der Waals surface area contributed by atoms with Crippen LogP contribution in [0.4, 0.5) is 0 Å². The zero-order chi connectivity index (χ0) is 19.2. The largest absolute Gasteiger partial charge is 0.350 e. The number of quaternary nitrogens is 1. The minimum atomic E-state index is 0.150. The summed E-state index contributed by atoms with van der Waals surface area (Å²) in [5, 5.41) is 4.28. The van der Waals surface area contributed by atoms with Gasteiger partial charge in [-0.15, -0.1) is 23.1 Å². The predicted molar refractivity (Wildman–Crippen MR) is 117 cm³/mol. The molecule has 1 aromatic heterocycles. The number of carbonyl (C=O) groups excluding carboxylic acids is 1. The van der Waals surface area contributed by atoms with Crippen LogP contribution >= 0.6 is 23.1 Å². The highest BCUT2D eigenvalue weighted by atomic mass is 32.2. The van der Waals surface area contributed by atoms with E-state index in [1.807, 2.05) is 24.3 Å². The molecule has 0 spiro atoms. The minimum absolute atomic E-state index is 0.150. The molecule has 1 saturated heterocycles. The van der Waals surface area contributed by atoms with Crippen molar-refractivity contribution in [3.05, 3.63) is 59.6 Å². The summed E-state index contributed by atoms with van der Waals surface area (Å²) in [4.78, 5) is 20.0. The zero-order valence-corrected chi connectivity index (χ0v) is 17.5. The van der Waals surface area contributed by atoms with E-state index < -0.39 is 0 Å². The highest BCUT2D eigenvalue weighted by Crippen LogP contribution is 2.28. The number of nitrogens with zero attached hydrogens (tertiary/aromatic N) is 1. The van der Waals surface area contributed by atoms with Gasteiger partial charge < -0.3 is 10.2 Å². The molecular weight excluding hydrogens is 386 g/mol. The number of amides is 1. The van der Waals surface area contributed by atoms with Gasteiger partial charge in [0.2, 0.25) is 0 Å². The van der Waals surface area contributed by atoms with Gasteiger partial charge in [-0.25, -0.2) is 4.98 Å². The van der Waals surface area contributed by atoms with Gasteiger partial charge in [0.15, 0.2) is 11.6 Å². The molecule has 4 rings (SSSR count). The molecule has 6 heteroatoms. The Hall–Kier alpha value is -1.89. The van der Waals surface area contributed by atoms with E-state index in [1.54, 1.807) is 23.1 Å². The van der Waals surface area contributed by atoms with Crippen LogP contribution in [0.1, 0.15) is 30.3 Å². The number of benzene rings is 2. The van der Waals surface area contributed by atoms with Crippen molar-refractivity contribution >= 4 is 39.2 Å². The van der Waals surface area contributed by atoms with Crippen LogP contribution in [0.15, 0.2) is 59.5 Å². The average molecular weight is 413 g/mol. The molecule has 2 heterocycles. The van der Waals surface area contributed by atoms with Gasteiger partial charge in [0.1, 0.15) is 6.04 Å². The summed E-state index contributed by atoms with van der Waals surface area (Å²) in [7, 11) is 0. The van der Waals surface area contributed by atoms with E-state index in [4.69, 9.17) is 4.98 Å². The molecule has 1 amide bonds. The summed E-state index contributed by atoms with van der Waals surface area (Å²) in [5.74, 6) is 1.04. The van der Waals surface area contributed by atoms with E-state index in [0.717, 1.165) is 24.2 Å². The highest BCUT2D eigenvalue weighted by molar-refractivity contribution is 7.99. The molecule has 2 aromatic carbocycles. The van der Waals surface area contributed by atoms with Gasteiger partial charge >= 0.3 is 0 Å². The molecule has 0 aliphatic carbocycles. The molecule has 2 atom stereocenters. The third-order valence-electron chi connectivity index (χ3n) is 5.17. The molecule has 3 aromatic rings. The molecule has 1 aliphatic heterocycles. The van der Waals surface area contributed by atoms with Crippen molar-refractivity contribution in [2.24, 2.45) is 0 Å². The van der Waals surface area contributed by atoms with Gasteiger partial charge in [-0.1, -0.05) is 30.3 Å². The maximum Gasteiger partial charge on any atom is 0.275 e. The Balaban J connectivity index is 1.31. The van der Waals surface area contributed by atoms with E-state index >= 15 is 0 Å². The summed E-state index contributed by atoms with van der Waals surface area (Å²) in [5.41, 5.74) is 1.08. The predicted octanol–water partition coefficient (Wildman–Crippen LogP) is 3.31. The third kappa shape index (κ3) is 4.93. The van der Waals surface area contributed by atoms with E-state index in [9.17, 15) is 4.79 Å². The fourth-order valence-electron chi connectivity index (χ4n) is 3.77. The molecule has 4 nitrogen and oxygen atoms in total. The average Bonchev–Trinajstić information content (AvgIpc) is 3.16. The standard InChI is InChI=1S/C22H25N3OS2/c26-21(23-13-15-27-17-8-2-1-3-9-17)16-25-14-7-6-11-19(25)22-24-18-10-4-5-12-20(18)28-22/h1-5,8-10,12,19H,6-7,11,13-16H2,(H,23,26)/p+1/t19-/m0/s1. The Morgan fingerprint density at radius 1 is 1.14 bits per heavy atom. The molecular formula is C22H26N3OS2+. The van der Waals surface area contributed by atoms with Gasteiger partial charge in [-0.3, -0.25) is 4.79 Å². The lowest BCUT2D eigenvalue weighted by Crippen LogP contribution is -3.14. The Bertz CT molecular complexity index is 879. The number of para-hydroxylation sites is 1. The van der Waals surface area contributed by atoms with Crippen LogP contribution in [0, 0.1) is 0 Å². The second-order valence-electron chi connectivity index (χ2n) is 7.16. The quantitative estimate of drug-likeness (QED) is 0.462. The summed E-state index contributed by atoms with van der Waals surface area (Å²) >= 11 is 3.57. The van der Waals surface area contributed by atoms with Crippen molar-refractivity contribution in [1.29, 1.82) is 0 Å². The van der Waals surface area contributed by atoms with Crippen LogP contribution in [-0.4, -0.2) is 36.3 Å². The van der Waals surface area contributed by atoms with Gasteiger partial charge in [0, 0.05) is 23.6 Å². The van der Waals surface area contributed by atoms with Gasteiger partial charge in [0.25, 0.3) is 5.91 Å². The molecule has 0 bridgehead atoms. The zero-order valence-electron chi connectivity index (χ0n) is 15.9. The molecule has 1 fully saturated rings. The number of carbonyl (C=O) groups is 1. The first-order valence-corrected chi connectivity index (χ1v) is 11.7. The summed E-state index contributed by atoms with van der Waals surface area (Å²) in [6, 6.07) is 19.0. The first-order chi connectivity index (χ1) is 13.8. The van der Waals surface area contributed by atoms with Crippen LogP contribution in [0.25, 0.3) is 10.2 Å². The van der Waals surface area contributed by atoms with Crippen LogP contribution < -0.4 is 10.2 Å². The number of hydrogen-bond donors (Lipinski definition) is 2. The first kappa shape index (κ1) is 19.4. The van der Waals surface area contributed by atoms with E-state index in [2.05, 4.69) is 35.6 Å². The lowest BCUT2D eigenvalue weighted by atomic mass is 10.0. The lowest BCUT2D eigenvalue weighted by Gasteiger charge is -2.30. The first-order valence-electron chi connectivity index (χ1n) is 9.94. The third-order valence-corrected chi connectivity index (χ3v) is 7.33. The van der Waals surface area contributed by atoms with Crippen LogP contribution in [0.3, 0.4) is 0 Å². The molecule has 146 valence electrons. The SMILES string of the molecule is O=C(C[NH+]1CCCC[C@H]1c1nc2ccccc2s1)NCCSc1ccccc1. The van der Waals surface area contributed by atoms with Crippen molar-refractivity contribution in [3.8, 4) is 0 Å². The summed E-state index contributed by atoms with van der Waals surface area (Å²) in [6.07, 6.45) is 3.53. The number of thioether (sulfide) groups is 1. The number of rotatable bonds is 7. The molecule has 1 aliphatic rings.